The lowest BCUT2D eigenvalue weighted by Gasteiger charge is -2.51. The molecule has 6 nitrogen and oxygen atoms in total. The molecule has 8 heteroatoms. The summed E-state index contributed by atoms with van der Waals surface area (Å²) in [6.45, 7) is 5.96. The number of halogens is 1. The van der Waals surface area contributed by atoms with Gasteiger partial charge in [0.2, 0.25) is 0 Å². The molecule has 0 spiro atoms. The third-order valence-electron chi connectivity index (χ3n) is 10.2. The number of alkyl carbamates (subject to hydrolysis) is 1. The number of benzene rings is 2. The number of rotatable bonds is 11. The molecule has 2 saturated carbocycles. The molecule has 4 fully saturated rings. The Balaban J connectivity index is 1.10. The Kier molecular flexibility index (Phi) is 9.32. The lowest BCUT2D eigenvalue weighted by Crippen LogP contribution is -2.56. The summed E-state index contributed by atoms with van der Waals surface area (Å²) in [5.41, 5.74) is 1.97. The van der Waals surface area contributed by atoms with Crippen molar-refractivity contribution >= 4 is 23.5 Å². The second-order valence-electron chi connectivity index (χ2n) is 12.9. The van der Waals surface area contributed by atoms with Crippen LogP contribution in [0.4, 0.5) is 14.9 Å². The molecular weight excluding hydrogens is 549 g/mol. The number of piperidine rings is 1. The third-order valence-corrected chi connectivity index (χ3v) is 11.6. The molecule has 2 saturated heterocycles. The van der Waals surface area contributed by atoms with Crippen LogP contribution in [0.1, 0.15) is 50.5 Å². The molecule has 0 radical (unpaired) electrons. The van der Waals surface area contributed by atoms with Gasteiger partial charge < -0.3 is 24.6 Å². The second-order valence-corrected chi connectivity index (χ2v) is 14.3. The summed E-state index contributed by atoms with van der Waals surface area (Å²) in [6.07, 6.45) is 7.32. The summed E-state index contributed by atoms with van der Waals surface area (Å²) in [5.74, 6) is 0.971. The van der Waals surface area contributed by atoms with Crippen LogP contribution in [0.2, 0.25) is 0 Å². The molecule has 3 atom stereocenters. The predicted octanol–water partition coefficient (Wildman–Crippen LogP) is 6.34. The first kappa shape index (κ1) is 29.8. The van der Waals surface area contributed by atoms with Crippen LogP contribution in [0.25, 0.3) is 0 Å². The van der Waals surface area contributed by atoms with E-state index in [1.54, 1.807) is 13.2 Å². The topological polar surface area (TPSA) is 54.0 Å². The summed E-state index contributed by atoms with van der Waals surface area (Å²) in [5, 5.41) is 3.97. The molecule has 0 aromatic heterocycles. The summed E-state index contributed by atoms with van der Waals surface area (Å²) in [4.78, 5) is 18.8. The first-order chi connectivity index (χ1) is 20.5. The first-order valence-corrected chi connectivity index (χ1v) is 16.7. The normalized spacial score (nSPS) is 25.2. The number of hydrogen-bond acceptors (Lipinski definition) is 6. The summed E-state index contributed by atoms with van der Waals surface area (Å²) in [7, 11) is 3.17. The number of amides is 1. The van der Waals surface area contributed by atoms with E-state index in [0.29, 0.717) is 18.4 Å². The number of carbonyl (C=O) groups is 1. The predicted molar refractivity (Wildman–Crippen MR) is 167 cm³/mol. The van der Waals surface area contributed by atoms with E-state index >= 15 is 0 Å². The summed E-state index contributed by atoms with van der Waals surface area (Å²) in [6, 6.07) is 16.3. The molecule has 2 aromatic rings. The average Bonchev–Trinajstić information content (AvgIpc) is 3.68. The van der Waals surface area contributed by atoms with Gasteiger partial charge in [-0.15, -0.1) is 11.8 Å². The molecule has 6 rings (SSSR count). The number of methoxy groups -OCH3 is 2. The zero-order valence-electron chi connectivity index (χ0n) is 25.1. The van der Waals surface area contributed by atoms with E-state index in [2.05, 4.69) is 45.4 Å². The smallest absolute Gasteiger partial charge is 0.407 e. The van der Waals surface area contributed by atoms with E-state index in [9.17, 15) is 9.18 Å². The molecule has 228 valence electrons. The minimum atomic E-state index is -0.394. The van der Waals surface area contributed by atoms with Gasteiger partial charge in [-0.25, -0.2) is 9.18 Å². The zero-order chi connectivity index (χ0) is 29.1. The van der Waals surface area contributed by atoms with Crippen molar-refractivity contribution in [3.05, 3.63) is 59.9 Å². The highest BCUT2D eigenvalue weighted by molar-refractivity contribution is 8.00. The van der Waals surface area contributed by atoms with Crippen molar-refractivity contribution < 1.29 is 18.7 Å². The Bertz CT molecular complexity index is 1200. The van der Waals surface area contributed by atoms with Crippen LogP contribution in [-0.4, -0.2) is 75.8 Å². The minimum Gasteiger partial charge on any atom is -0.453 e. The molecule has 4 aliphatic rings. The standard InChI is InChI=1S/C34H46FN3O3S/c1-40-23-34(26-5-3-6-27(35)19-26,31-7-4-8-32(31)36-33(39)41-2)25-15-17-37(18-16-25)20-24-21-38(22-24)28-9-11-29(12-10-28)42-30-13-14-30/h3,5-6,9-12,19,24-25,30-32H,4,7-8,13-18,20-23H2,1-2H3,(H,36,39). The second kappa shape index (κ2) is 13.1. The molecule has 3 unspecified atom stereocenters. The van der Waals surface area contributed by atoms with Crippen LogP contribution in [-0.2, 0) is 14.9 Å². The Morgan fingerprint density at radius 2 is 1.79 bits per heavy atom. The number of anilines is 1. The molecule has 2 aromatic carbocycles. The van der Waals surface area contributed by atoms with Gasteiger partial charge in [0.1, 0.15) is 5.82 Å². The Morgan fingerprint density at radius 3 is 2.45 bits per heavy atom. The molecule has 1 N–H and O–H groups in total. The molecule has 1 amide bonds. The van der Waals surface area contributed by atoms with Gasteiger partial charge in [0.05, 0.1) is 13.7 Å². The van der Waals surface area contributed by atoms with Crippen LogP contribution in [0, 0.1) is 23.6 Å². The van der Waals surface area contributed by atoms with E-state index in [0.717, 1.165) is 75.6 Å². The number of likely N-dealkylation sites (tertiary alicyclic amines) is 1. The van der Waals surface area contributed by atoms with Crippen LogP contribution in [0.3, 0.4) is 0 Å². The maximum Gasteiger partial charge on any atom is 0.407 e. The number of nitrogens with one attached hydrogen (secondary N) is 1. The Morgan fingerprint density at radius 1 is 1.02 bits per heavy atom. The van der Waals surface area contributed by atoms with Gasteiger partial charge in [-0.05, 0) is 105 Å². The van der Waals surface area contributed by atoms with E-state index in [1.807, 2.05) is 17.8 Å². The maximum atomic E-state index is 14.7. The molecular formula is C34H46FN3O3S. The van der Waals surface area contributed by atoms with Crippen molar-refractivity contribution in [1.29, 1.82) is 0 Å². The fourth-order valence-electron chi connectivity index (χ4n) is 8.04. The quantitative estimate of drug-likeness (QED) is 0.327. The fourth-order valence-corrected chi connectivity index (χ4v) is 9.09. The highest BCUT2D eigenvalue weighted by Gasteiger charge is 2.52. The number of carbonyl (C=O) groups excluding carboxylic acids is 1. The number of thioether (sulfide) groups is 1. The van der Waals surface area contributed by atoms with Crippen LogP contribution in [0.15, 0.2) is 53.4 Å². The minimum absolute atomic E-state index is 0.0174. The van der Waals surface area contributed by atoms with Crippen LogP contribution >= 0.6 is 11.8 Å². The lowest BCUT2D eigenvalue weighted by molar-refractivity contribution is 0.00845. The summed E-state index contributed by atoms with van der Waals surface area (Å²) < 4.78 is 25.6. The van der Waals surface area contributed by atoms with E-state index in [-0.39, 0.29) is 23.2 Å². The Hall–Kier alpha value is -2.29. The van der Waals surface area contributed by atoms with Crippen LogP contribution < -0.4 is 10.2 Å². The molecule has 2 heterocycles. The first-order valence-electron chi connectivity index (χ1n) is 15.8. The SMILES string of the molecule is COCC(c1cccc(F)c1)(C1CCN(CC2CN(c3ccc(SC4CC4)cc3)C2)CC1)C1CCCC1NC(=O)OC. The molecule has 0 bridgehead atoms. The molecule has 2 aliphatic carbocycles. The van der Waals surface area contributed by atoms with Crippen LogP contribution in [0.5, 0.6) is 0 Å². The maximum absolute atomic E-state index is 14.7. The number of nitrogens with zero attached hydrogens (tertiary/aromatic N) is 2. The molecule has 2 aliphatic heterocycles. The van der Waals surface area contributed by atoms with Crippen molar-refractivity contribution in [2.24, 2.45) is 17.8 Å². The lowest BCUT2D eigenvalue weighted by atomic mass is 9.58. The Labute approximate surface area is 254 Å². The fraction of sp³-hybridized carbons (Fsp3) is 0.618. The largest absolute Gasteiger partial charge is 0.453 e. The van der Waals surface area contributed by atoms with Crippen molar-refractivity contribution in [3.63, 3.8) is 0 Å². The van der Waals surface area contributed by atoms with Gasteiger partial charge in [-0.2, -0.15) is 0 Å². The molecule has 42 heavy (non-hydrogen) atoms. The van der Waals surface area contributed by atoms with E-state index < -0.39 is 6.09 Å². The van der Waals surface area contributed by atoms with Crippen molar-refractivity contribution in [3.8, 4) is 0 Å². The highest BCUT2D eigenvalue weighted by atomic mass is 32.2. The zero-order valence-corrected chi connectivity index (χ0v) is 25.9. The van der Waals surface area contributed by atoms with Gasteiger partial charge >= 0.3 is 6.09 Å². The van der Waals surface area contributed by atoms with Gasteiger partial charge in [0.15, 0.2) is 0 Å². The number of ether oxygens (including phenoxy) is 2. The van der Waals surface area contributed by atoms with Gasteiger partial charge in [0.25, 0.3) is 0 Å². The summed E-state index contributed by atoms with van der Waals surface area (Å²) >= 11 is 2.02. The highest BCUT2D eigenvalue weighted by Crippen LogP contribution is 2.51. The van der Waals surface area contributed by atoms with Crippen molar-refractivity contribution in [2.45, 2.75) is 66.5 Å². The van der Waals surface area contributed by atoms with Crippen molar-refractivity contribution in [2.75, 3.05) is 58.5 Å². The van der Waals surface area contributed by atoms with E-state index in [4.69, 9.17) is 9.47 Å². The average molecular weight is 596 g/mol. The van der Waals surface area contributed by atoms with Gasteiger partial charge in [-0.1, -0.05) is 18.6 Å². The van der Waals surface area contributed by atoms with Gasteiger partial charge in [0, 0.05) is 60.0 Å². The van der Waals surface area contributed by atoms with Gasteiger partial charge in [-0.3, -0.25) is 0 Å². The van der Waals surface area contributed by atoms with Crippen molar-refractivity contribution in [1.82, 2.24) is 10.2 Å². The third kappa shape index (κ3) is 6.46. The monoisotopic (exact) mass is 595 g/mol. The number of hydrogen-bond donors (Lipinski definition) is 1. The van der Waals surface area contributed by atoms with E-state index in [1.165, 1.54) is 36.6 Å².